The third-order valence-corrected chi connectivity index (χ3v) is 4.20. The zero-order valence-corrected chi connectivity index (χ0v) is 14.1. The van der Waals surface area contributed by atoms with Crippen molar-refractivity contribution in [2.45, 2.75) is 13.5 Å². The molecule has 0 radical (unpaired) electrons. The number of benzene rings is 2. The van der Waals surface area contributed by atoms with Crippen LogP contribution in [0.15, 0.2) is 41.1 Å². The van der Waals surface area contributed by atoms with Crippen LogP contribution in [0.1, 0.15) is 27.0 Å². The molecular weight excluding hydrogens is 345 g/mol. The molecule has 0 aliphatic rings. The molecule has 2 aromatic carbocycles. The van der Waals surface area contributed by atoms with Gasteiger partial charge in [-0.15, -0.1) is 0 Å². The van der Waals surface area contributed by atoms with E-state index in [9.17, 15) is 9.18 Å². The van der Waals surface area contributed by atoms with Crippen molar-refractivity contribution in [3.8, 4) is 11.3 Å². The van der Waals surface area contributed by atoms with Gasteiger partial charge in [0, 0.05) is 17.8 Å². The van der Waals surface area contributed by atoms with Crippen molar-refractivity contribution >= 4 is 23.1 Å². The van der Waals surface area contributed by atoms with Crippen LogP contribution in [-0.2, 0) is 6.54 Å². The summed E-state index contributed by atoms with van der Waals surface area (Å²) in [6.07, 6.45) is 1.16. The smallest absolute Gasteiger partial charge is 0.200 e. The first-order valence-corrected chi connectivity index (χ1v) is 7.84. The number of nitrogens with zero attached hydrogens (tertiary/aromatic N) is 1. The Kier molecular flexibility index (Phi) is 4.57. The molecule has 3 aromatic rings. The molecular formula is C18H15ClFN3O2. The molecule has 1 heterocycles. The standard InChI is InChI=1S/C18H15ClFN3O2/c1-9-5-10(7-21)16(22)11(6-9)18(24)12-8-25-23-17(12)15-13(19)3-2-4-14(15)20/h2-6,8H,7,21-22H2,1H3. The summed E-state index contributed by atoms with van der Waals surface area (Å²) >= 11 is 6.07. The van der Waals surface area contributed by atoms with Crippen LogP contribution in [0.25, 0.3) is 11.3 Å². The van der Waals surface area contributed by atoms with E-state index in [1.165, 1.54) is 18.2 Å². The largest absolute Gasteiger partial charge is 0.398 e. The fourth-order valence-corrected chi connectivity index (χ4v) is 2.93. The lowest BCUT2D eigenvalue weighted by Crippen LogP contribution is -2.11. The molecule has 0 aliphatic carbocycles. The summed E-state index contributed by atoms with van der Waals surface area (Å²) in [6, 6.07) is 7.67. The van der Waals surface area contributed by atoms with Crippen LogP contribution in [0.4, 0.5) is 10.1 Å². The summed E-state index contributed by atoms with van der Waals surface area (Å²) < 4.78 is 19.1. The summed E-state index contributed by atoms with van der Waals surface area (Å²) in [4.78, 5) is 13.0. The number of rotatable bonds is 4. The minimum absolute atomic E-state index is 0.00606. The zero-order valence-electron chi connectivity index (χ0n) is 13.3. The van der Waals surface area contributed by atoms with E-state index in [1.807, 2.05) is 13.0 Å². The Morgan fingerprint density at radius 1 is 1.32 bits per heavy atom. The molecule has 128 valence electrons. The van der Waals surface area contributed by atoms with Crippen LogP contribution in [0, 0.1) is 12.7 Å². The van der Waals surface area contributed by atoms with Gasteiger partial charge in [0.2, 0.25) is 5.78 Å². The molecule has 5 nitrogen and oxygen atoms in total. The number of anilines is 1. The van der Waals surface area contributed by atoms with Gasteiger partial charge in [-0.05, 0) is 36.2 Å². The van der Waals surface area contributed by atoms with Gasteiger partial charge in [0.05, 0.1) is 16.1 Å². The first-order chi connectivity index (χ1) is 11.9. The fourth-order valence-electron chi connectivity index (χ4n) is 2.68. The molecule has 0 bridgehead atoms. The molecule has 0 fully saturated rings. The first kappa shape index (κ1) is 17.1. The molecule has 1 aromatic heterocycles. The minimum atomic E-state index is -0.602. The predicted molar refractivity (Wildman–Crippen MR) is 93.8 cm³/mol. The maximum atomic E-state index is 14.2. The van der Waals surface area contributed by atoms with Crippen molar-refractivity contribution < 1.29 is 13.7 Å². The molecule has 25 heavy (non-hydrogen) atoms. The molecule has 0 aliphatic heterocycles. The molecule has 0 saturated carbocycles. The second-order valence-corrected chi connectivity index (χ2v) is 6.00. The molecule has 0 unspecified atom stereocenters. The summed E-state index contributed by atoms with van der Waals surface area (Å²) in [5.74, 6) is -1.04. The second-order valence-electron chi connectivity index (χ2n) is 5.59. The van der Waals surface area contributed by atoms with Gasteiger partial charge >= 0.3 is 0 Å². The highest BCUT2D eigenvalue weighted by Crippen LogP contribution is 2.34. The summed E-state index contributed by atoms with van der Waals surface area (Å²) in [5.41, 5.74) is 13.9. The van der Waals surface area contributed by atoms with Crippen LogP contribution >= 0.6 is 11.6 Å². The molecule has 7 heteroatoms. The summed E-state index contributed by atoms with van der Waals surface area (Å²) in [5, 5.41) is 3.89. The Labute approximate surface area is 148 Å². The average molecular weight is 360 g/mol. The average Bonchev–Trinajstić information content (AvgIpc) is 3.05. The Hall–Kier alpha value is -2.70. The SMILES string of the molecule is Cc1cc(CN)c(N)c(C(=O)c2conc2-c2c(F)cccc2Cl)c1. The number of nitrogen functional groups attached to an aromatic ring is 1. The zero-order chi connectivity index (χ0) is 18.1. The Balaban J connectivity index is 2.16. The number of aryl methyl sites for hydroxylation is 1. The van der Waals surface area contributed by atoms with Crippen LogP contribution < -0.4 is 11.5 Å². The van der Waals surface area contributed by atoms with E-state index in [0.29, 0.717) is 5.56 Å². The first-order valence-electron chi connectivity index (χ1n) is 7.46. The summed E-state index contributed by atoms with van der Waals surface area (Å²) in [7, 11) is 0. The van der Waals surface area contributed by atoms with Gasteiger partial charge in [0.15, 0.2) is 0 Å². The fraction of sp³-hybridized carbons (Fsp3) is 0.111. The maximum absolute atomic E-state index is 14.2. The number of halogens is 2. The molecule has 0 amide bonds. The van der Waals surface area contributed by atoms with Crippen LogP contribution in [0.2, 0.25) is 5.02 Å². The molecule has 0 atom stereocenters. The number of carbonyl (C=O) groups excluding carboxylic acids is 1. The van der Waals surface area contributed by atoms with E-state index >= 15 is 0 Å². The van der Waals surface area contributed by atoms with Crippen molar-refractivity contribution in [2.24, 2.45) is 5.73 Å². The van der Waals surface area contributed by atoms with Gasteiger partial charge in [-0.1, -0.05) is 28.9 Å². The molecule has 0 saturated heterocycles. The highest BCUT2D eigenvalue weighted by Gasteiger charge is 2.25. The quantitative estimate of drug-likeness (QED) is 0.547. The number of nitrogens with two attached hydrogens (primary N) is 2. The highest BCUT2D eigenvalue weighted by atomic mass is 35.5. The normalized spacial score (nSPS) is 10.9. The number of hydrogen-bond donors (Lipinski definition) is 2. The number of ketones is 1. The molecule has 4 N–H and O–H groups in total. The molecule has 3 rings (SSSR count). The number of carbonyl (C=O) groups is 1. The van der Waals surface area contributed by atoms with E-state index in [1.54, 1.807) is 6.07 Å². The lowest BCUT2D eigenvalue weighted by molar-refractivity contribution is 0.103. The third kappa shape index (κ3) is 3.01. The minimum Gasteiger partial charge on any atom is -0.398 e. The Bertz CT molecular complexity index is 949. The van der Waals surface area contributed by atoms with Gasteiger partial charge in [-0.25, -0.2) is 4.39 Å². The van der Waals surface area contributed by atoms with Crippen molar-refractivity contribution in [3.63, 3.8) is 0 Å². The van der Waals surface area contributed by atoms with Crippen molar-refractivity contribution in [3.05, 3.63) is 69.7 Å². The van der Waals surface area contributed by atoms with Crippen LogP contribution in [0.3, 0.4) is 0 Å². The van der Waals surface area contributed by atoms with E-state index in [4.69, 9.17) is 27.6 Å². The predicted octanol–water partition coefficient (Wildman–Crippen LogP) is 3.71. The number of aromatic nitrogens is 1. The topological polar surface area (TPSA) is 95.1 Å². The van der Waals surface area contributed by atoms with Crippen molar-refractivity contribution in [1.82, 2.24) is 5.16 Å². The van der Waals surface area contributed by atoms with E-state index in [0.717, 1.165) is 11.8 Å². The highest BCUT2D eigenvalue weighted by molar-refractivity contribution is 6.33. The van der Waals surface area contributed by atoms with Crippen molar-refractivity contribution in [1.29, 1.82) is 0 Å². The second kappa shape index (κ2) is 6.66. The van der Waals surface area contributed by atoms with Gasteiger partial charge in [-0.2, -0.15) is 0 Å². The van der Waals surface area contributed by atoms with Gasteiger partial charge in [0.25, 0.3) is 0 Å². The van der Waals surface area contributed by atoms with E-state index in [2.05, 4.69) is 5.16 Å². The van der Waals surface area contributed by atoms with Gasteiger partial charge in [0.1, 0.15) is 17.8 Å². The van der Waals surface area contributed by atoms with Crippen LogP contribution in [-0.4, -0.2) is 10.9 Å². The monoisotopic (exact) mass is 359 g/mol. The maximum Gasteiger partial charge on any atom is 0.200 e. The Morgan fingerprint density at radius 3 is 2.76 bits per heavy atom. The number of hydrogen-bond acceptors (Lipinski definition) is 5. The van der Waals surface area contributed by atoms with Crippen molar-refractivity contribution in [2.75, 3.05) is 5.73 Å². The van der Waals surface area contributed by atoms with E-state index < -0.39 is 11.6 Å². The van der Waals surface area contributed by atoms with E-state index in [-0.39, 0.29) is 39.6 Å². The Morgan fingerprint density at radius 2 is 2.08 bits per heavy atom. The van der Waals surface area contributed by atoms with Gasteiger partial charge < -0.3 is 16.0 Å². The van der Waals surface area contributed by atoms with Gasteiger partial charge in [-0.3, -0.25) is 4.79 Å². The van der Waals surface area contributed by atoms with Crippen LogP contribution in [0.5, 0.6) is 0 Å². The lowest BCUT2D eigenvalue weighted by Gasteiger charge is -2.11. The molecule has 0 spiro atoms. The summed E-state index contributed by atoms with van der Waals surface area (Å²) in [6.45, 7) is 2.03. The third-order valence-electron chi connectivity index (χ3n) is 3.89. The lowest BCUT2D eigenvalue weighted by atomic mass is 9.95.